The van der Waals surface area contributed by atoms with Crippen molar-refractivity contribution in [2.75, 3.05) is 18.0 Å². The Balaban J connectivity index is 1.52. The predicted octanol–water partition coefficient (Wildman–Crippen LogP) is 3.80. The maximum Gasteiger partial charge on any atom is 0.185 e. The Bertz CT molecular complexity index is 414. The van der Waals surface area contributed by atoms with Crippen molar-refractivity contribution in [3.05, 3.63) is 11.1 Å². The van der Waals surface area contributed by atoms with Gasteiger partial charge in [-0.05, 0) is 38.0 Å². The molecular formula is C16H27N3S. The van der Waals surface area contributed by atoms with E-state index < -0.39 is 0 Å². The second-order valence-corrected chi connectivity index (χ2v) is 7.43. The molecule has 20 heavy (non-hydrogen) atoms. The van der Waals surface area contributed by atoms with Crippen LogP contribution in [0.2, 0.25) is 0 Å². The zero-order valence-corrected chi connectivity index (χ0v) is 13.4. The number of nitrogens with one attached hydrogen (secondary N) is 1. The number of rotatable bonds is 6. The fourth-order valence-electron chi connectivity index (χ4n) is 3.11. The molecule has 2 heterocycles. The molecular weight excluding hydrogens is 266 g/mol. The van der Waals surface area contributed by atoms with Crippen molar-refractivity contribution < 1.29 is 0 Å². The molecule has 112 valence electrons. The smallest absolute Gasteiger partial charge is 0.185 e. The third-order valence-electron chi connectivity index (χ3n) is 4.50. The molecule has 3 nitrogen and oxygen atoms in total. The van der Waals surface area contributed by atoms with Gasteiger partial charge in [0.2, 0.25) is 0 Å². The maximum atomic E-state index is 4.66. The van der Waals surface area contributed by atoms with E-state index in [4.69, 9.17) is 0 Å². The van der Waals surface area contributed by atoms with Crippen LogP contribution in [-0.4, -0.2) is 24.1 Å². The fourth-order valence-corrected chi connectivity index (χ4v) is 4.02. The molecule has 1 aliphatic heterocycles. The Morgan fingerprint density at radius 3 is 3.00 bits per heavy atom. The highest BCUT2D eigenvalue weighted by Gasteiger charge is 2.21. The van der Waals surface area contributed by atoms with E-state index in [9.17, 15) is 0 Å². The summed E-state index contributed by atoms with van der Waals surface area (Å²) in [5, 5.41) is 4.82. The summed E-state index contributed by atoms with van der Waals surface area (Å²) in [6, 6.07) is 0.786. The molecule has 1 unspecified atom stereocenters. The van der Waals surface area contributed by atoms with Crippen LogP contribution < -0.4 is 10.2 Å². The summed E-state index contributed by atoms with van der Waals surface area (Å²) in [7, 11) is 0. The maximum absolute atomic E-state index is 4.66. The topological polar surface area (TPSA) is 28.2 Å². The lowest BCUT2D eigenvalue weighted by Crippen LogP contribution is -2.23. The summed E-state index contributed by atoms with van der Waals surface area (Å²) in [5.41, 5.74) is 0. The molecule has 1 aromatic heterocycles. The lowest BCUT2D eigenvalue weighted by molar-refractivity contribution is 0.435. The van der Waals surface area contributed by atoms with Gasteiger partial charge in [0.15, 0.2) is 5.13 Å². The number of hydrogen-bond acceptors (Lipinski definition) is 4. The van der Waals surface area contributed by atoms with Crippen LogP contribution in [0.3, 0.4) is 0 Å². The van der Waals surface area contributed by atoms with Crippen LogP contribution in [0, 0.1) is 5.92 Å². The molecule has 0 aromatic carbocycles. The van der Waals surface area contributed by atoms with Gasteiger partial charge in [0, 0.05) is 36.8 Å². The van der Waals surface area contributed by atoms with E-state index in [-0.39, 0.29) is 0 Å². The van der Waals surface area contributed by atoms with Gasteiger partial charge in [-0.3, -0.25) is 0 Å². The van der Waals surface area contributed by atoms with Gasteiger partial charge in [-0.25, -0.2) is 4.98 Å². The summed E-state index contributed by atoms with van der Waals surface area (Å²) >= 11 is 1.89. The standard InChI is InChI=1S/C16H27N3S/c1-2-4-13-5-3-9-19(10-8-13)16-18-12-15(20-16)11-17-14-6-7-14/h12-14,17H,2-11H2,1H3. The minimum Gasteiger partial charge on any atom is -0.348 e. The average Bonchev–Trinajstić information content (AvgIpc) is 3.21. The highest BCUT2D eigenvalue weighted by molar-refractivity contribution is 7.15. The van der Waals surface area contributed by atoms with Crippen LogP contribution in [0.15, 0.2) is 6.20 Å². The molecule has 0 amide bonds. The van der Waals surface area contributed by atoms with Gasteiger partial charge in [-0.1, -0.05) is 19.8 Å². The fraction of sp³-hybridized carbons (Fsp3) is 0.812. The van der Waals surface area contributed by atoms with E-state index in [0.717, 1.165) is 18.5 Å². The van der Waals surface area contributed by atoms with Crippen molar-refractivity contribution in [2.45, 2.75) is 64.5 Å². The van der Waals surface area contributed by atoms with Gasteiger partial charge in [0.1, 0.15) is 0 Å². The molecule has 0 spiro atoms. The minimum absolute atomic E-state index is 0.786. The van der Waals surface area contributed by atoms with Crippen molar-refractivity contribution in [1.29, 1.82) is 0 Å². The van der Waals surface area contributed by atoms with Gasteiger partial charge in [0.05, 0.1) is 0 Å². The molecule has 2 aliphatic rings. The summed E-state index contributed by atoms with van der Waals surface area (Å²) in [6.07, 6.45) is 11.6. The molecule has 1 saturated carbocycles. The quantitative estimate of drug-likeness (QED) is 0.864. The molecule has 1 saturated heterocycles. The molecule has 1 aromatic rings. The first-order chi connectivity index (χ1) is 9.85. The number of anilines is 1. The zero-order chi connectivity index (χ0) is 13.8. The zero-order valence-electron chi connectivity index (χ0n) is 12.6. The van der Waals surface area contributed by atoms with Crippen molar-refractivity contribution in [3.63, 3.8) is 0 Å². The van der Waals surface area contributed by atoms with Crippen molar-refractivity contribution >= 4 is 16.5 Å². The van der Waals surface area contributed by atoms with E-state index >= 15 is 0 Å². The second-order valence-electron chi connectivity index (χ2n) is 6.34. The molecule has 0 bridgehead atoms. The van der Waals surface area contributed by atoms with Crippen LogP contribution in [0.25, 0.3) is 0 Å². The minimum atomic E-state index is 0.786. The first-order valence-corrected chi connectivity index (χ1v) is 9.10. The molecule has 1 N–H and O–H groups in total. The third-order valence-corrected chi connectivity index (χ3v) is 5.56. The van der Waals surface area contributed by atoms with Crippen LogP contribution in [0.5, 0.6) is 0 Å². The number of aromatic nitrogens is 1. The van der Waals surface area contributed by atoms with E-state index in [1.807, 2.05) is 11.3 Å². The van der Waals surface area contributed by atoms with E-state index in [2.05, 4.69) is 28.3 Å². The van der Waals surface area contributed by atoms with Crippen molar-refractivity contribution in [1.82, 2.24) is 10.3 Å². The first kappa shape index (κ1) is 14.3. The lowest BCUT2D eigenvalue weighted by atomic mass is 9.96. The Kier molecular flexibility index (Phi) is 4.94. The summed E-state index contributed by atoms with van der Waals surface area (Å²) < 4.78 is 0. The van der Waals surface area contributed by atoms with Gasteiger partial charge in [-0.2, -0.15) is 0 Å². The SMILES string of the molecule is CCCC1CCCN(c2ncc(CNC3CC3)s2)CC1. The van der Waals surface area contributed by atoms with Crippen molar-refractivity contribution in [3.8, 4) is 0 Å². The van der Waals surface area contributed by atoms with Gasteiger partial charge < -0.3 is 10.2 Å². The van der Waals surface area contributed by atoms with E-state index in [1.165, 1.54) is 68.0 Å². The largest absolute Gasteiger partial charge is 0.348 e. The number of nitrogens with zero attached hydrogens (tertiary/aromatic N) is 2. The van der Waals surface area contributed by atoms with E-state index in [0.29, 0.717) is 0 Å². The molecule has 3 rings (SSSR count). The monoisotopic (exact) mass is 293 g/mol. The third kappa shape index (κ3) is 3.95. The summed E-state index contributed by atoms with van der Waals surface area (Å²) in [5.74, 6) is 0.945. The molecule has 4 heteroatoms. The Hall–Kier alpha value is -0.610. The molecule has 2 fully saturated rings. The highest BCUT2D eigenvalue weighted by atomic mass is 32.1. The highest BCUT2D eigenvalue weighted by Crippen LogP contribution is 2.29. The van der Waals surface area contributed by atoms with Crippen LogP contribution >= 0.6 is 11.3 Å². The lowest BCUT2D eigenvalue weighted by Gasteiger charge is -2.19. The first-order valence-electron chi connectivity index (χ1n) is 8.28. The van der Waals surface area contributed by atoms with Crippen LogP contribution in [0.1, 0.15) is 56.7 Å². The summed E-state index contributed by atoms with van der Waals surface area (Å²) in [4.78, 5) is 8.56. The van der Waals surface area contributed by atoms with Gasteiger partial charge in [0.25, 0.3) is 0 Å². The van der Waals surface area contributed by atoms with Gasteiger partial charge >= 0.3 is 0 Å². The Morgan fingerprint density at radius 1 is 1.30 bits per heavy atom. The second kappa shape index (κ2) is 6.90. The van der Waals surface area contributed by atoms with E-state index in [1.54, 1.807) is 0 Å². The van der Waals surface area contributed by atoms with Crippen molar-refractivity contribution in [2.24, 2.45) is 5.92 Å². The number of hydrogen-bond donors (Lipinski definition) is 1. The number of thiazole rings is 1. The predicted molar refractivity (Wildman–Crippen MR) is 86.4 cm³/mol. The Morgan fingerprint density at radius 2 is 2.20 bits per heavy atom. The normalized spacial score (nSPS) is 23.9. The molecule has 0 radical (unpaired) electrons. The average molecular weight is 293 g/mol. The molecule has 1 atom stereocenters. The van der Waals surface area contributed by atoms with Crippen LogP contribution in [0.4, 0.5) is 5.13 Å². The van der Waals surface area contributed by atoms with Gasteiger partial charge in [-0.15, -0.1) is 11.3 Å². The summed E-state index contributed by atoms with van der Waals surface area (Å²) in [6.45, 7) is 5.72. The Labute approximate surface area is 126 Å². The van der Waals surface area contributed by atoms with Crippen LogP contribution in [-0.2, 0) is 6.54 Å². The molecule has 1 aliphatic carbocycles.